The van der Waals surface area contributed by atoms with E-state index < -0.39 is 0 Å². The van der Waals surface area contributed by atoms with Gasteiger partial charge in [0.05, 0.1) is 10.7 Å². The zero-order valence-corrected chi connectivity index (χ0v) is 11.6. The van der Waals surface area contributed by atoms with Crippen LogP contribution < -0.4 is 0 Å². The Balaban J connectivity index is 2.50. The van der Waals surface area contributed by atoms with Gasteiger partial charge in [-0.05, 0) is 24.7 Å². The van der Waals surface area contributed by atoms with Crippen molar-refractivity contribution in [3.05, 3.63) is 0 Å². The molecule has 2 nitrogen and oxygen atoms in total. The van der Waals surface area contributed by atoms with Crippen LogP contribution in [-0.2, 0) is 9.53 Å². The molecular formula is C12H21BrO2. The molecular weight excluding hydrogens is 256 g/mol. The van der Waals surface area contributed by atoms with Gasteiger partial charge < -0.3 is 4.74 Å². The van der Waals surface area contributed by atoms with E-state index in [0.717, 1.165) is 12.8 Å². The first-order valence-electron chi connectivity index (χ1n) is 5.76. The molecule has 1 heterocycles. The molecule has 1 rings (SSSR count). The minimum atomic E-state index is -0.0109. The van der Waals surface area contributed by atoms with Crippen LogP contribution in [-0.4, -0.2) is 16.9 Å². The topological polar surface area (TPSA) is 26.3 Å². The Morgan fingerprint density at radius 1 is 1.40 bits per heavy atom. The molecule has 1 fully saturated rings. The van der Waals surface area contributed by atoms with Gasteiger partial charge in [0.1, 0.15) is 6.10 Å². The molecule has 88 valence electrons. The summed E-state index contributed by atoms with van der Waals surface area (Å²) in [6, 6.07) is 0. The fraction of sp³-hybridized carbons (Fsp3) is 0.917. The molecule has 1 aliphatic heterocycles. The number of carbonyl (C=O) groups excluding carboxylic acids is 1. The van der Waals surface area contributed by atoms with E-state index in [9.17, 15) is 4.79 Å². The van der Waals surface area contributed by atoms with E-state index in [0.29, 0.717) is 16.7 Å². The first-order chi connectivity index (χ1) is 6.91. The number of cyclic esters (lactones) is 1. The molecule has 0 N–H and O–H groups in total. The van der Waals surface area contributed by atoms with E-state index >= 15 is 0 Å². The van der Waals surface area contributed by atoms with Gasteiger partial charge in [-0.1, -0.05) is 43.6 Å². The minimum Gasteiger partial charge on any atom is -0.461 e. The molecule has 1 aliphatic rings. The Hall–Kier alpha value is -0.0500. The Labute approximate surface area is 101 Å². The van der Waals surface area contributed by atoms with E-state index in [1.54, 1.807) is 0 Å². The summed E-state index contributed by atoms with van der Waals surface area (Å²) in [4.78, 5) is 11.9. The number of ether oxygens (including phenoxy) is 1. The van der Waals surface area contributed by atoms with Gasteiger partial charge in [0.15, 0.2) is 0 Å². The highest BCUT2D eigenvalue weighted by Gasteiger charge is 2.39. The highest BCUT2D eigenvalue weighted by atomic mass is 79.9. The van der Waals surface area contributed by atoms with Crippen molar-refractivity contribution in [3.63, 3.8) is 0 Å². The molecule has 0 aromatic carbocycles. The maximum absolute atomic E-state index is 11.6. The molecule has 0 saturated carbocycles. The molecule has 1 saturated heterocycles. The monoisotopic (exact) mass is 276 g/mol. The first kappa shape index (κ1) is 13.0. The predicted molar refractivity (Wildman–Crippen MR) is 65.0 cm³/mol. The molecule has 0 radical (unpaired) electrons. The van der Waals surface area contributed by atoms with Gasteiger partial charge in [-0.2, -0.15) is 0 Å². The van der Waals surface area contributed by atoms with E-state index in [2.05, 4.69) is 43.6 Å². The number of rotatable bonds is 4. The lowest BCUT2D eigenvalue weighted by Crippen LogP contribution is -2.21. The third-order valence-electron chi connectivity index (χ3n) is 2.96. The summed E-state index contributed by atoms with van der Waals surface area (Å²) in [5, 5.41) is 0. The van der Waals surface area contributed by atoms with Crippen molar-refractivity contribution in [2.75, 3.05) is 0 Å². The second-order valence-corrected chi connectivity index (χ2v) is 6.38. The van der Waals surface area contributed by atoms with E-state index in [1.807, 2.05) is 0 Å². The van der Waals surface area contributed by atoms with Gasteiger partial charge in [-0.15, -0.1) is 0 Å². The van der Waals surface area contributed by atoms with Gasteiger partial charge in [-0.25, -0.2) is 0 Å². The van der Waals surface area contributed by atoms with E-state index in [-0.39, 0.29) is 18.0 Å². The summed E-state index contributed by atoms with van der Waals surface area (Å²) < 4.78 is 5.41. The van der Waals surface area contributed by atoms with Gasteiger partial charge >= 0.3 is 5.97 Å². The molecule has 15 heavy (non-hydrogen) atoms. The molecule has 3 atom stereocenters. The number of alkyl halides is 1. The lowest BCUT2D eigenvalue weighted by atomic mass is 9.91. The zero-order valence-electron chi connectivity index (χ0n) is 10.00. The van der Waals surface area contributed by atoms with E-state index in [1.165, 1.54) is 0 Å². The summed E-state index contributed by atoms with van der Waals surface area (Å²) in [7, 11) is 0. The second kappa shape index (κ2) is 5.33. The fourth-order valence-corrected chi connectivity index (χ4v) is 3.07. The third kappa shape index (κ3) is 3.47. The van der Waals surface area contributed by atoms with Crippen molar-refractivity contribution >= 4 is 21.9 Å². The minimum absolute atomic E-state index is 0.0109. The highest BCUT2D eigenvalue weighted by Crippen LogP contribution is 2.33. The van der Waals surface area contributed by atoms with Crippen LogP contribution in [0.2, 0.25) is 0 Å². The van der Waals surface area contributed by atoms with Gasteiger partial charge in [0, 0.05) is 0 Å². The Bertz CT molecular complexity index is 226. The molecule has 0 unspecified atom stereocenters. The van der Waals surface area contributed by atoms with Crippen LogP contribution in [0.1, 0.15) is 40.5 Å². The summed E-state index contributed by atoms with van der Waals surface area (Å²) in [5.41, 5.74) is 0. The first-order valence-corrected chi connectivity index (χ1v) is 6.68. The predicted octanol–water partition coefficient (Wildman–Crippen LogP) is 3.38. The van der Waals surface area contributed by atoms with Crippen molar-refractivity contribution in [2.24, 2.45) is 17.8 Å². The molecule has 0 aromatic heterocycles. The average Bonchev–Trinajstić information content (AvgIpc) is 2.46. The number of halogens is 1. The Kier molecular flexibility index (Phi) is 4.63. The SMILES string of the molecule is CC(C)C[C@H](Br)[C@H]1C[C@H](C(C)C)C(=O)O1. The van der Waals surface area contributed by atoms with Crippen LogP contribution in [0, 0.1) is 17.8 Å². The van der Waals surface area contributed by atoms with E-state index in [4.69, 9.17) is 4.74 Å². The molecule has 0 aromatic rings. The maximum Gasteiger partial charge on any atom is 0.309 e. The van der Waals surface area contributed by atoms with Gasteiger partial charge in [0.2, 0.25) is 0 Å². The third-order valence-corrected chi connectivity index (χ3v) is 3.92. The maximum atomic E-state index is 11.6. The molecule has 0 aliphatic carbocycles. The van der Waals surface area contributed by atoms with Crippen LogP contribution in [0.3, 0.4) is 0 Å². The number of hydrogen-bond donors (Lipinski definition) is 0. The standard InChI is InChI=1S/C12H21BrO2/c1-7(2)5-10(13)11-6-9(8(3)4)12(14)15-11/h7-11H,5-6H2,1-4H3/t9-,10+,11-/m1/s1. The van der Waals surface area contributed by atoms with Crippen molar-refractivity contribution in [1.82, 2.24) is 0 Å². The van der Waals surface area contributed by atoms with Crippen molar-refractivity contribution in [2.45, 2.75) is 51.5 Å². The highest BCUT2D eigenvalue weighted by molar-refractivity contribution is 9.09. The van der Waals surface area contributed by atoms with Crippen molar-refractivity contribution < 1.29 is 9.53 Å². The summed E-state index contributed by atoms with van der Waals surface area (Å²) in [6.45, 7) is 8.54. The van der Waals surface area contributed by atoms with Crippen molar-refractivity contribution in [3.8, 4) is 0 Å². The lowest BCUT2D eigenvalue weighted by molar-refractivity contribution is -0.145. The van der Waals surface area contributed by atoms with Crippen LogP contribution >= 0.6 is 15.9 Å². The number of esters is 1. The smallest absolute Gasteiger partial charge is 0.309 e. The largest absolute Gasteiger partial charge is 0.461 e. The lowest BCUT2D eigenvalue weighted by Gasteiger charge is -2.18. The van der Waals surface area contributed by atoms with Crippen LogP contribution in [0.5, 0.6) is 0 Å². The quantitative estimate of drug-likeness (QED) is 0.581. The number of hydrogen-bond acceptors (Lipinski definition) is 2. The second-order valence-electron chi connectivity index (χ2n) is 5.21. The molecule has 0 bridgehead atoms. The zero-order chi connectivity index (χ0) is 11.6. The van der Waals surface area contributed by atoms with Crippen molar-refractivity contribution in [1.29, 1.82) is 0 Å². The van der Waals surface area contributed by atoms with Crippen LogP contribution in [0.25, 0.3) is 0 Å². The summed E-state index contributed by atoms with van der Waals surface area (Å²) >= 11 is 3.63. The fourth-order valence-electron chi connectivity index (χ4n) is 2.00. The molecule has 0 spiro atoms. The normalized spacial score (nSPS) is 28.6. The molecule has 0 amide bonds. The summed E-state index contributed by atoms with van der Waals surface area (Å²) in [6.07, 6.45) is 2.01. The average molecular weight is 277 g/mol. The van der Waals surface area contributed by atoms with Gasteiger partial charge in [-0.3, -0.25) is 4.79 Å². The Morgan fingerprint density at radius 3 is 2.40 bits per heavy atom. The molecule has 3 heteroatoms. The van der Waals surface area contributed by atoms with Crippen LogP contribution in [0.15, 0.2) is 0 Å². The van der Waals surface area contributed by atoms with Gasteiger partial charge in [0.25, 0.3) is 0 Å². The Morgan fingerprint density at radius 2 is 2.00 bits per heavy atom. The summed E-state index contributed by atoms with van der Waals surface area (Å²) in [5.74, 6) is 1.11. The van der Waals surface area contributed by atoms with Crippen LogP contribution in [0.4, 0.5) is 0 Å². The number of carbonyl (C=O) groups is 1.